The maximum absolute atomic E-state index is 9.86. The number of aliphatic hydroxyl groups excluding tert-OH is 1. The molecule has 0 bridgehead atoms. The number of halogens is 1. The lowest BCUT2D eigenvalue weighted by atomic mass is 10.3. The van der Waals surface area contributed by atoms with Gasteiger partial charge in [-0.15, -0.1) is 0 Å². The van der Waals surface area contributed by atoms with E-state index in [2.05, 4.69) is 26.2 Å². The van der Waals surface area contributed by atoms with Crippen LogP contribution < -0.4 is 10.1 Å². The van der Waals surface area contributed by atoms with Gasteiger partial charge in [-0.05, 0) is 18.2 Å². The summed E-state index contributed by atoms with van der Waals surface area (Å²) in [5, 5.41) is 12.9. The van der Waals surface area contributed by atoms with Gasteiger partial charge in [-0.2, -0.15) is 0 Å². The van der Waals surface area contributed by atoms with Crippen LogP contribution in [-0.2, 0) is 13.0 Å². The van der Waals surface area contributed by atoms with E-state index < -0.39 is 6.10 Å². The van der Waals surface area contributed by atoms with Crippen molar-refractivity contribution in [3.8, 4) is 5.75 Å². The highest BCUT2D eigenvalue weighted by Gasteiger charge is 2.07. The Labute approximate surface area is 132 Å². The van der Waals surface area contributed by atoms with Crippen molar-refractivity contribution in [3.05, 3.63) is 46.6 Å². The molecule has 0 saturated carbocycles. The third-order valence-corrected chi connectivity index (χ3v) is 3.34. The second-order valence-corrected chi connectivity index (χ2v) is 5.54. The number of oxazole rings is 1. The Morgan fingerprint density at radius 2 is 2.33 bits per heavy atom. The van der Waals surface area contributed by atoms with E-state index in [-0.39, 0.29) is 6.61 Å². The van der Waals surface area contributed by atoms with Crippen molar-refractivity contribution < 1.29 is 14.3 Å². The van der Waals surface area contributed by atoms with E-state index in [1.165, 1.54) is 0 Å². The average molecular weight is 355 g/mol. The highest BCUT2D eigenvalue weighted by atomic mass is 79.9. The number of hydrogen-bond donors (Lipinski definition) is 2. The van der Waals surface area contributed by atoms with Gasteiger partial charge in [0.2, 0.25) is 5.89 Å². The van der Waals surface area contributed by atoms with Crippen LogP contribution in [0.3, 0.4) is 0 Å². The van der Waals surface area contributed by atoms with E-state index in [4.69, 9.17) is 9.15 Å². The predicted octanol–water partition coefficient (Wildman–Crippen LogP) is 2.53. The molecule has 2 rings (SSSR count). The Bertz CT molecular complexity index is 559. The molecule has 1 aromatic carbocycles. The zero-order valence-corrected chi connectivity index (χ0v) is 13.5. The first-order valence-corrected chi connectivity index (χ1v) is 7.67. The molecular formula is C15H19BrN2O3. The van der Waals surface area contributed by atoms with Crippen LogP contribution in [0.5, 0.6) is 5.75 Å². The molecule has 2 aromatic rings. The first-order chi connectivity index (χ1) is 10.2. The van der Waals surface area contributed by atoms with E-state index in [1.54, 1.807) is 6.20 Å². The summed E-state index contributed by atoms with van der Waals surface area (Å²) in [5.41, 5.74) is 0. The van der Waals surface area contributed by atoms with Gasteiger partial charge in [0.1, 0.15) is 24.2 Å². The lowest BCUT2D eigenvalue weighted by molar-refractivity contribution is 0.105. The number of hydrogen-bond acceptors (Lipinski definition) is 5. The van der Waals surface area contributed by atoms with Crippen LogP contribution in [0.15, 0.2) is 39.4 Å². The predicted molar refractivity (Wildman–Crippen MR) is 83.2 cm³/mol. The molecule has 0 fully saturated rings. The van der Waals surface area contributed by atoms with Gasteiger partial charge < -0.3 is 19.6 Å². The molecule has 0 aliphatic heterocycles. The van der Waals surface area contributed by atoms with Crippen molar-refractivity contribution in [1.82, 2.24) is 10.3 Å². The molecule has 1 heterocycles. The number of nitrogens with zero attached hydrogens (tertiary/aromatic N) is 1. The SMILES string of the molecule is CCc1cnc(CNCC(O)COc2cccc(Br)c2)o1. The van der Waals surface area contributed by atoms with E-state index >= 15 is 0 Å². The molecule has 0 amide bonds. The van der Waals surface area contributed by atoms with E-state index in [0.717, 1.165) is 22.4 Å². The molecule has 5 nitrogen and oxygen atoms in total. The van der Waals surface area contributed by atoms with E-state index in [0.29, 0.717) is 19.0 Å². The second-order valence-electron chi connectivity index (χ2n) is 4.63. The largest absolute Gasteiger partial charge is 0.491 e. The normalized spacial score (nSPS) is 12.3. The minimum Gasteiger partial charge on any atom is -0.491 e. The van der Waals surface area contributed by atoms with Crippen LogP contribution in [0.2, 0.25) is 0 Å². The average Bonchev–Trinajstić information content (AvgIpc) is 2.93. The van der Waals surface area contributed by atoms with Gasteiger partial charge in [-0.25, -0.2) is 4.98 Å². The summed E-state index contributed by atoms with van der Waals surface area (Å²) in [5.74, 6) is 2.22. The quantitative estimate of drug-likeness (QED) is 0.762. The van der Waals surface area contributed by atoms with Crippen LogP contribution in [0.1, 0.15) is 18.6 Å². The smallest absolute Gasteiger partial charge is 0.208 e. The number of aromatic nitrogens is 1. The number of nitrogens with one attached hydrogen (secondary N) is 1. The van der Waals surface area contributed by atoms with Crippen molar-refractivity contribution in [2.45, 2.75) is 26.0 Å². The standard InChI is InChI=1S/C15H19BrN2O3/c1-2-13-8-18-15(21-13)9-17-7-12(19)10-20-14-5-3-4-11(16)6-14/h3-6,8,12,17,19H,2,7,9-10H2,1H3. The highest BCUT2D eigenvalue weighted by molar-refractivity contribution is 9.10. The van der Waals surface area contributed by atoms with Crippen LogP contribution in [-0.4, -0.2) is 29.3 Å². The van der Waals surface area contributed by atoms with Gasteiger partial charge in [0.25, 0.3) is 0 Å². The fourth-order valence-electron chi connectivity index (χ4n) is 1.75. The summed E-state index contributed by atoms with van der Waals surface area (Å²) in [6, 6.07) is 7.52. The number of aryl methyl sites for hydroxylation is 1. The second kappa shape index (κ2) is 8.17. The Balaban J connectivity index is 1.66. The fourth-order valence-corrected chi connectivity index (χ4v) is 2.13. The first kappa shape index (κ1) is 16.0. The monoisotopic (exact) mass is 354 g/mol. The molecule has 1 atom stereocenters. The number of aliphatic hydroxyl groups is 1. The molecule has 21 heavy (non-hydrogen) atoms. The third kappa shape index (κ3) is 5.49. The van der Waals surface area contributed by atoms with Crippen LogP contribution >= 0.6 is 15.9 Å². The lowest BCUT2D eigenvalue weighted by Crippen LogP contribution is -2.31. The molecule has 1 unspecified atom stereocenters. The Hall–Kier alpha value is -1.37. The Morgan fingerprint density at radius 3 is 3.05 bits per heavy atom. The van der Waals surface area contributed by atoms with Gasteiger partial charge in [0.05, 0.1) is 12.7 Å². The third-order valence-electron chi connectivity index (χ3n) is 2.84. The summed E-state index contributed by atoms with van der Waals surface area (Å²) < 4.78 is 11.9. The Morgan fingerprint density at radius 1 is 1.48 bits per heavy atom. The Kier molecular flexibility index (Phi) is 6.22. The minimum atomic E-state index is -0.593. The zero-order chi connectivity index (χ0) is 15.1. The molecule has 0 aliphatic carbocycles. The zero-order valence-electron chi connectivity index (χ0n) is 11.9. The maximum Gasteiger partial charge on any atom is 0.208 e. The van der Waals surface area contributed by atoms with Gasteiger partial charge >= 0.3 is 0 Å². The molecule has 0 radical (unpaired) electrons. The van der Waals surface area contributed by atoms with Crippen molar-refractivity contribution in [2.24, 2.45) is 0 Å². The van der Waals surface area contributed by atoms with Gasteiger partial charge in [-0.1, -0.05) is 28.9 Å². The molecule has 2 N–H and O–H groups in total. The van der Waals surface area contributed by atoms with E-state index in [1.807, 2.05) is 31.2 Å². The van der Waals surface area contributed by atoms with Crippen molar-refractivity contribution in [1.29, 1.82) is 0 Å². The molecular weight excluding hydrogens is 336 g/mol. The fraction of sp³-hybridized carbons (Fsp3) is 0.400. The minimum absolute atomic E-state index is 0.231. The topological polar surface area (TPSA) is 67.5 Å². The van der Waals surface area contributed by atoms with Crippen LogP contribution in [0.4, 0.5) is 0 Å². The van der Waals surface area contributed by atoms with Crippen molar-refractivity contribution in [3.63, 3.8) is 0 Å². The van der Waals surface area contributed by atoms with Crippen molar-refractivity contribution in [2.75, 3.05) is 13.2 Å². The molecule has 0 aliphatic rings. The summed E-state index contributed by atoms with van der Waals surface area (Å²) >= 11 is 3.37. The lowest BCUT2D eigenvalue weighted by Gasteiger charge is -2.12. The highest BCUT2D eigenvalue weighted by Crippen LogP contribution is 2.17. The summed E-state index contributed by atoms with van der Waals surface area (Å²) in [6.45, 7) is 3.15. The number of ether oxygens (including phenoxy) is 1. The van der Waals surface area contributed by atoms with Crippen molar-refractivity contribution >= 4 is 15.9 Å². The maximum atomic E-state index is 9.86. The molecule has 1 aromatic heterocycles. The summed E-state index contributed by atoms with van der Waals surface area (Å²) in [4.78, 5) is 4.14. The molecule has 0 spiro atoms. The van der Waals surface area contributed by atoms with Gasteiger partial charge in [0.15, 0.2) is 0 Å². The summed E-state index contributed by atoms with van der Waals surface area (Å²) in [6.07, 6.45) is 1.96. The van der Waals surface area contributed by atoms with Gasteiger partial charge in [-0.3, -0.25) is 0 Å². The number of benzene rings is 1. The summed E-state index contributed by atoms with van der Waals surface area (Å²) in [7, 11) is 0. The first-order valence-electron chi connectivity index (χ1n) is 6.88. The molecule has 114 valence electrons. The van der Waals surface area contributed by atoms with Crippen LogP contribution in [0, 0.1) is 0 Å². The van der Waals surface area contributed by atoms with Gasteiger partial charge in [0, 0.05) is 17.4 Å². The molecule has 0 saturated heterocycles. The number of rotatable bonds is 8. The van der Waals surface area contributed by atoms with Crippen LogP contribution in [0.25, 0.3) is 0 Å². The molecule has 6 heteroatoms. The van der Waals surface area contributed by atoms with E-state index in [9.17, 15) is 5.11 Å².